The van der Waals surface area contributed by atoms with Gasteiger partial charge in [-0.25, -0.2) is 0 Å². The van der Waals surface area contributed by atoms with E-state index in [1.54, 1.807) is 0 Å². The van der Waals surface area contributed by atoms with Crippen molar-refractivity contribution in [1.29, 1.82) is 0 Å². The van der Waals surface area contributed by atoms with E-state index in [0.717, 1.165) is 23.1 Å². The summed E-state index contributed by atoms with van der Waals surface area (Å²) < 4.78 is 0. The van der Waals surface area contributed by atoms with Crippen LogP contribution < -0.4 is 5.32 Å². The molecule has 0 amide bonds. The molecule has 1 heterocycles. The fraction of sp³-hybridized carbons (Fsp3) is 0.400. The molecule has 1 aromatic carbocycles. The van der Waals surface area contributed by atoms with Crippen LogP contribution in [0.4, 0.5) is 0 Å². The highest BCUT2D eigenvalue weighted by Gasteiger charge is 2.10. The topological polar surface area (TPSA) is 24.9 Å². The number of hydrogen-bond acceptors (Lipinski definition) is 2. The van der Waals surface area contributed by atoms with Crippen molar-refractivity contribution in [3.8, 4) is 0 Å². The Kier molecular flexibility index (Phi) is 4.72. The minimum atomic E-state index is 0.485. The number of fused-ring (bicyclic) bond motifs is 1. The van der Waals surface area contributed by atoms with E-state index in [4.69, 9.17) is 0 Å². The fourth-order valence-corrected chi connectivity index (χ4v) is 2.89. The molecule has 0 aliphatic rings. The molecule has 0 bridgehead atoms. The van der Waals surface area contributed by atoms with Gasteiger partial charge in [0.15, 0.2) is 0 Å². The minimum absolute atomic E-state index is 0.485. The largest absolute Gasteiger partial charge is 0.307 e. The van der Waals surface area contributed by atoms with E-state index in [0.29, 0.717) is 12.0 Å². The smallest absolute Gasteiger partial charge is 0.0705 e. The maximum Gasteiger partial charge on any atom is 0.0705 e. The van der Waals surface area contributed by atoms with Gasteiger partial charge in [0, 0.05) is 23.3 Å². The van der Waals surface area contributed by atoms with E-state index in [1.807, 2.05) is 12.1 Å². The number of nitrogens with zero attached hydrogens (tertiary/aromatic N) is 1. The SMILES string of the molecule is CC(C)C(CBr)NCc1ccc2ccccc2n1. The highest BCUT2D eigenvalue weighted by atomic mass is 79.9. The van der Waals surface area contributed by atoms with Gasteiger partial charge in [-0.1, -0.05) is 54.0 Å². The summed E-state index contributed by atoms with van der Waals surface area (Å²) in [6.45, 7) is 5.28. The Labute approximate surface area is 117 Å². The molecule has 0 saturated heterocycles. The third kappa shape index (κ3) is 3.30. The van der Waals surface area contributed by atoms with Gasteiger partial charge in [-0.2, -0.15) is 0 Å². The van der Waals surface area contributed by atoms with Gasteiger partial charge in [-0.3, -0.25) is 4.98 Å². The van der Waals surface area contributed by atoms with Gasteiger partial charge in [-0.15, -0.1) is 0 Å². The third-order valence-corrected chi connectivity index (χ3v) is 3.87. The number of benzene rings is 1. The molecule has 3 heteroatoms. The van der Waals surface area contributed by atoms with E-state index < -0.39 is 0 Å². The monoisotopic (exact) mass is 306 g/mol. The Morgan fingerprint density at radius 2 is 1.94 bits per heavy atom. The first-order valence-corrected chi connectivity index (χ1v) is 7.47. The zero-order valence-electron chi connectivity index (χ0n) is 10.9. The lowest BCUT2D eigenvalue weighted by Gasteiger charge is -2.19. The molecule has 0 radical (unpaired) electrons. The maximum atomic E-state index is 4.66. The van der Waals surface area contributed by atoms with Crippen molar-refractivity contribution in [3.05, 3.63) is 42.1 Å². The molecule has 1 N–H and O–H groups in total. The van der Waals surface area contributed by atoms with Gasteiger partial charge in [-0.05, 0) is 18.1 Å². The number of aromatic nitrogens is 1. The van der Waals surface area contributed by atoms with Gasteiger partial charge < -0.3 is 5.32 Å². The molecule has 1 aromatic heterocycles. The Morgan fingerprint density at radius 1 is 1.17 bits per heavy atom. The van der Waals surface area contributed by atoms with Crippen LogP contribution in [0.3, 0.4) is 0 Å². The van der Waals surface area contributed by atoms with Crippen LogP contribution in [0.15, 0.2) is 36.4 Å². The Balaban J connectivity index is 2.07. The van der Waals surface area contributed by atoms with Gasteiger partial charge in [0.2, 0.25) is 0 Å². The van der Waals surface area contributed by atoms with Crippen LogP contribution in [0.1, 0.15) is 19.5 Å². The molecule has 2 nitrogen and oxygen atoms in total. The standard InChI is InChI=1S/C15H19BrN2/c1-11(2)15(9-16)17-10-13-8-7-12-5-3-4-6-14(12)18-13/h3-8,11,15,17H,9-10H2,1-2H3. The van der Waals surface area contributed by atoms with Gasteiger partial charge >= 0.3 is 0 Å². The summed E-state index contributed by atoms with van der Waals surface area (Å²) in [4.78, 5) is 4.66. The van der Waals surface area contributed by atoms with Gasteiger partial charge in [0.1, 0.15) is 0 Å². The van der Waals surface area contributed by atoms with Crippen LogP contribution in [-0.2, 0) is 6.54 Å². The molecule has 0 spiro atoms. The lowest BCUT2D eigenvalue weighted by molar-refractivity contribution is 0.432. The zero-order chi connectivity index (χ0) is 13.0. The average molecular weight is 307 g/mol. The first kappa shape index (κ1) is 13.5. The molecule has 1 unspecified atom stereocenters. The molecule has 2 rings (SSSR count). The first-order chi connectivity index (χ1) is 8.70. The number of pyridine rings is 1. The second kappa shape index (κ2) is 6.30. The molecule has 0 fully saturated rings. The summed E-state index contributed by atoms with van der Waals surface area (Å²) in [5.74, 6) is 0.616. The van der Waals surface area contributed by atoms with E-state index in [9.17, 15) is 0 Å². The van der Waals surface area contributed by atoms with Crippen molar-refractivity contribution >= 4 is 26.8 Å². The van der Waals surface area contributed by atoms with Crippen molar-refractivity contribution in [3.63, 3.8) is 0 Å². The highest BCUT2D eigenvalue weighted by molar-refractivity contribution is 9.09. The van der Waals surface area contributed by atoms with Crippen LogP contribution in [0.25, 0.3) is 10.9 Å². The van der Waals surface area contributed by atoms with Crippen LogP contribution in [0, 0.1) is 5.92 Å². The van der Waals surface area contributed by atoms with E-state index >= 15 is 0 Å². The molecule has 2 aromatic rings. The second-order valence-electron chi connectivity index (χ2n) is 4.88. The molecular formula is C15H19BrN2. The van der Waals surface area contributed by atoms with E-state index in [-0.39, 0.29) is 0 Å². The van der Waals surface area contributed by atoms with Crippen molar-refractivity contribution in [2.75, 3.05) is 5.33 Å². The molecule has 0 aliphatic heterocycles. The maximum absolute atomic E-state index is 4.66. The number of nitrogens with one attached hydrogen (secondary N) is 1. The lowest BCUT2D eigenvalue weighted by atomic mass is 10.1. The Morgan fingerprint density at radius 3 is 2.67 bits per heavy atom. The summed E-state index contributed by atoms with van der Waals surface area (Å²) in [7, 11) is 0. The Hall–Kier alpha value is -0.930. The number of rotatable bonds is 5. The summed E-state index contributed by atoms with van der Waals surface area (Å²) in [6.07, 6.45) is 0. The molecule has 96 valence electrons. The van der Waals surface area contributed by atoms with Crippen molar-refractivity contribution in [2.24, 2.45) is 5.92 Å². The normalized spacial score (nSPS) is 13.1. The first-order valence-electron chi connectivity index (χ1n) is 6.34. The van der Waals surface area contributed by atoms with E-state index in [2.05, 4.69) is 64.3 Å². The molecular weight excluding hydrogens is 288 g/mol. The van der Waals surface area contributed by atoms with Crippen molar-refractivity contribution in [2.45, 2.75) is 26.4 Å². The number of para-hydroxylation sites is 1. The van der Waals surface area contributed by atoms with Gasteiger partial charge in [0.25, 0.3) is 0 Å². The number of alkyl halides is 1. The van der Waals surface area contributed by atoms with Crippen LogP contribution in [0.5, 0.6) is 0 Å². The summed E-state index contributed by atoms with van der Waals surface area (Å²) >= 11 is 3.55. The summed E-state index contributed by atoms with van der Waals surface area (Å²) in [5, 5.41) is 5.71. The minimum Gasteiger partial charge on any atom is -0.307 e. The van der Waals surface area contributed by atoms with Crippen LogP contribution >= 0.6 is 15.9 Å². The van der Waals surface area contributed by atoms with Crippen molar-refractivity contribution < 1.29 is 0 Å². The second-order valence-corrected chi connectivity index (χ2v) is 5.53. The molecule has 18 heavy (non-hydrogen) atoms. The molecule has 1 atom stereocenters. The van der Waals surface area contributed by atoms with Crippen molar-refractivity contribution in [1.82, 2.24) is 10.3 Å². The predicted octanol–water partition coefficient (Wildman–Crippen LogP) is 3.74. The van der Waals surface area contributed by atoms with E-state index in [1.165, 1.54) is 5.39 Å². The number of hydrogen-bond donors (Lipinski definition) is 1. The van der Waals surface area contributed by atoms with Crippen LogP contribution in [-0.4, -0.2) is 16.4 Å². The fourth-order valence-electron chi connectivity index (χ4n) is 1.91. The quantitative estimate of drug-likeness (QED) is 0.851. The number of halogens is 1. The molecule has 0 aliphatic carbocycles. The zero-order valence-corrected chi connectivity index (χ0v) is 12.4. The highest BCUT2D eigenvalue weighted by Crippen LogP contribution is 2.12. The summed E-state index contributed by atoms with van der Waals surface area (Å²) in [5.41, 5.74) is 2.16. The molecule has 0 saturated carbocycles. The lowest BCUT2D eigenvalue weighted by Crippen LogP contribution is -2.34. The van der Waals surface area contributed by atoms with Crippen LogP contribution in [0.2, 0.25) is 0 Å². The predicted molar refractivity (Wildman–Crippen MR) is 81.0 cm³/mol. The van der Waals surface area contributed by atoms with Gasteiger partial charge in [0.05, 0.1) is 11.2 Å². The summed E-state index contributed by atoms with van der Waals surface area (Å²) in [6, 6.07) is 12.9. The third-order valence-electron chi connectivity index (χ3n) is 3.17. The average Bonchev–Trinajstić information content (AvgIpc) is 2.39. The Bertz CT molecular complexity index is 511.